The lowest BCUT2D eigenvalue weighted by Gasteiger charge is -2.12. The number of anilines is 1. The molecule has 1 N–H and O–H groups in total. The van der Waals surface area contributed by atoms with E-state index in [1.807, 2.05) is 54.6 Å². The van der Waals surface area contributed by atoms with Crippen molar-refractivity contribution in [3.05, 3.63) is 85.6 Å². The van der Waals surface area contributed by atoms with Gasteiger partial charge in [-0.1, -0.05) is 46.3 Å². The third kappa shape index (κ3) is 3.38. The molecule has 0 aliphatic carbocycles. The van der Waals surface area contributed by atoms with Gasteiger partial charge in [0, 0.05) is 11.5 Å². The van der Waals surface area contributed by atoms with Crippen LogP contribution in [0, 0.1) is 12.3 Å². The van der Waals surface area contributed by atoms with Crippen LogP contribution in [0.4, 0.5) is 5.69 Å². The standard InChI is InChI=1S/C21H17BrN4O2S/c1-13-18(20(28)26(24(13)2)16-9-4-3-5-10-16)25-19(27)17(29-21(25)23)12-14-7-6-8-15(22)11-14/h3-12,23H,1-2H3/b17-12-,23-21?. The van der Waals surface area contributed by atoms with Gasteiger partial charge >= 0.3 is 0 Å². The van der Waals surface area contributed by atoms with E-state index in [0.29, 0.717) is 16.3 Å². The number of amidine groups is 1. The molecule has 2 heterocycles. The number of para-hydroxylation sites is 1. The normalized spacial score (nSPS) is 15.6. The molecule has 0 bridgehead atoms. The molecule has 4 rings (SSSR count). The summed E-state index contributed by atoms with van der Waals surface area (Å²) in [4.78, 5) is 27.9. The van der Waals surface area contributed by atoms with E-state index in [2.05, 4.69) is 15.9 Å². The van der Waals surface area contributed by atoms with Crippen LogP contribution >= 0.6 is 27.7 Å². The van der Waals surface area contributed by atoms with Crippen LogP contribution in [0.25, 0.3) is 11.8 Å². The maximum Gasteiger partial charge on any atom is 0.296 e. The van der Waals surface area contributed by atoms with Crippen molar-refractivity contribution in [3.8, 4) is 5.69 Å². The molecule has 0 spiro atoms. The molecule has 29 heavy (non-hydrogen) atoms. The molecular formula is C21H17BrN4O2S. The van der Waals surface area contributed by atoms with Crippen LogP contribution in [0.2, 0.25) is 0 Å². The van der Waals surface area contributed by atoms with Crippen molar-refractivity contribution < 1.29 is 4.79 Å². The highest BCUT2D eigenvalue weighted by molar-refractivity contribution is 9.10. The van der Waals surface area contributed by atoms with Crippen molar-refractivity contribution in [1.29, 1.82) is 5.41 Å². The summed E-state index contributed by atoms with van der Waals surface area (Å²) >= 11 is 4.47. The van der Waals surface area contributed by atoms with E-state index in [9.17, 15) is 9.59 Å². The summed E-state index contributed by atoms with van der Waals surface area (Å²) in [5.74, 6) is -0.369. The van der Waals surface area contributed by atoms with Gasteiger partial charge in [0.1, 0.15) is 5.69 Å². The number of hydrogen-bond donors (Lipinski definition) is 1. The molecule has 0 atom stereocenters. The van der Waals surface area contributed by atoms with Crippen molar-refractivity contribution in [2.75, 3.05) is 4.90 Å². The average molecular weight is 469 g/mol. The van der Waals surface area contributed by atoms with Gasteiger partial charge in [0.05, 0.1) is 16.3 Å². The van der Waals surface area contributed by atoms with Crippen LogP contribution in [-0.4, -0.2) is 20.4 Å². The zero-order valence-corrected chi connectivity index (χ0v) is 18.1. The van der Waals surface area contributed by atoms with Crippen molar-refractivity contribution in [1.82, 2.24) is 9.36 Å². The molecule has 8 heteroatoms. The van der Waals surface area contributed by atoms with Gasteiger partial charge in [-0.15, -0.1) is 0 Å². The number of nitrogens with zero attached hydrogens (tertiary/aromatic N) is 3. The van der Waals surface area contributed by atoms with Gasteiger partial charge in [0.15, 0.2) is 5.17 Å². The zero-order valence-electron chi connectivity index (χ0n) is 15.7. The second-order valence-electron chi connectivity index (χ2n) is 6.52. The van der Waals surface area contributed by atoms with Crippen LogP contribution < -0.4 is 10.5 Å². The first-order valence-corrected chi connectivity index (χ1v) is 10.4. The highest BCUT2D eigenvalue weighted by atomic mass is 79.9. The van der Waals surface area contributed by atoms with Crippen LogP contribution in [0.5, 0.6) is 0 Å². The lowest BCUT2D eigenvalue weighted by atomic mass is 10.2. The predicted octanol–water partition coefficient (Wildman–Crippen LogP) is 4.30. The number of benzene rings is 2. The minimum atomic E-state index is -0.369. The monoisotopic (exact) mass is 468 g/mol. The molecule has 3 aromatic rings. The summed E-state index contributed by atoms with van der Waals surface area (Å²) in [5.41, 5.74) is 2.03. The fourth-order valence-electron chi connectivity index (χ4n) is 3.25. The Balaban J connectivity index is 1.79. The maximum absolute atomic E-state index is 13.2. The van der Waals surface area contributed by atoms with Crippen LogP contribution in [0.1, 0.15) is 11.3 Å². The number of rotatable bonds is 3. The van der Waals surface area contributed by atoms with E-state index in [1.54, 1.807) is 24.7 Å². The predicted molar refractivity (Wildman–Crippen MR) is 121 cm³/mol. The number of carbonyl (C=O) groups excluding carboxylic acids is 1. The minimum Gasteiger partial charge on any atom is -0.283 e. The second kappa shape index (κ2) is 7.53. The summed E-state index contributed by atoms with van der Waals surface area (Å²) in [6.45, 7) is 1.78. The molecule has 0 unspecified atom stereocenters. The Morgan fingerprint density at radius 1 is 1.07 bits per heavy atom. The number of amides is 1. The molecule has 2 aromatic carbocycles. The van der Waals surface area contributed by atoms with Gasteiger partial charge < -0.3 is 0 Å². The lowest BCUT2D eigenvalue weighted by molar-refractivity contribution is -0.113. The first kappa shape index (κ1) is 19.5. The first-order chi connectivity index (χ1) is 13.9. The molecule has 1 amide bonds. The van der Waals surface area contributed by atoms with Gasteiger partial charge in [-0.2, -0.15) is 0 Å². The van der Waals surface area contributed by atoms with Crippen molar-refractivity contribution in [3.63, 3.8) is 0 Å². The molecule has 1 aromatic heterocycles. The third-order valence-corrected chi connectivity index (χ3v) is 6.10. The molecule has 1 fully saturated rings. The number of carbonyl (C=O) groups is 1. The average Bonchev–Trinajstić information content (AvgIpc) is 3.08. The number of halogens is 1. The molecule has 6 nitrogen and oxygen atoms in total. The largest absolute Gasteiger partial charge is 0.296 e. The first-order valence-electron chi connectivity index (χ1n) is 8.80. The van der Waals surface area contributed by atoms with Crippen LogP contribution in [0.15, 0.2) is 68.8 Å². The Kier molecular flexibility index (Phi) is 5.06. The zero-order chi connectivity index (χ0) is 20.7. The lowest BCUT2D eigenvalue weighted by Crippen LogP contribution is -2.33. The highest BCUT2D eigenvalue weighted by Gasteiger charge is 2.37. The van der Waals surface area contributed by atoms with E-state index in [4.69, 9.17) is 5.41 Å². The summed E-state index contributed by atoms with van der Waals surface area (Å²) in [6.07, 6.45) is 1.74. The molecule has 1 aliphatic rings. The van der Waals surface area contributed by atoms with Gasteiger partial charge in [-0.05, 0) is 54.6 Å². The Morgan fingerprint density at radius 3 is 2.48 bits per heavy atom. The number of nitrogens with one attached hydrogen (secondary N) is 1. The van der Waals surface area contributed by atoms with Crippen LogP contribution in [-0.2, 0) is 11.8 Å². The maximum atomic E-state index is 13.2. The minimum absolute atomic E-state index is 0.0160. The van der Waals surface area contributed by atoms with Crippen molar-refractivity contribution in [2.45, 2.75) is 6.92 Å². The smallest absolute Gasteiger partial charge is 0.283 e. The van der Waals surface area contributed by atoms with E-state index in [0.717, 1.165) is 21.8 Å². The molecule has 0 saturated carbocycles. The molecule has 146 valence electrons. The Morgan fingerprint density at radius 2 is 1.79 bits per heavy atom. The SMILES string of the molecule is Cc1c(N2C(=N)S/C(=C\c3cccc(Br)c3)C2=O)c(=O)n(-c2ccccc2)n1C. The van der Waals surface area contributed by atoms with E-state index in [-0.39, 0.29) is 22.3 Å². The quantitative estimate of drug-likeness (QED) is 0.582. The van der Waals surface area contributed by atoms with Crippen molar-refractivity contribution >= 4 is 50.5 Å². The number of aromatic nitrogens is 2. The van der Waals surface area contributed by atoms with E-state index >= 15 is 0 Å². The fourth-order valence-corrected chi connectivity index (χ4v) is 4.51. The summed E-state index contributed by atoms with van der Waals surface area (Å²) in [6, 6.07) is 16.8. The van der Waals surface area contributed by atoms with Crippen LogP contribution in [0.3, 0.4) is 0 Å². The Bertz CT molecular complexity index is 1230. The summed E-state index contributed by atoms with van der Waals surface area (Å²) < 4.78 is 4.11. The van der Waals surface area contributed by atoms with Gasteiger partial charge in [0.2, 0.25) is 0 Å². The Labute approximate surface area is 180 Å². The third-order valence-electron chi connectivity index (χ3n) is 4.72. The fraction of sp³-hybridized carbons (Fsp3) is 0.0952. The molecule has 1 aliphatic heterocycles. The molecular weight excluding hydrogens is 452 g/mol. The van der Waals surface area contributed by atoms with E-state index < -0.39 is 0 Å². The summed E-state index contributed by atoms with van der Waals surface area (Å²) in [7, 11) is 1.77. The van der Waals surface area contributed by atoms with Gasteiger partial charge in [0.25, 0.3) is 11.5 Å². The van der Waals surface area contributed by atoms with Crippen molar-refractivity contribution in [2.24, 2.45) is 7.05 Å². The molecule has 0 radical (unpaired) electrons. The number of thioether (sulfide) groups is 1. The highest BCUT2D eigenvalue weighted by Crippen LogP contribution is 2.35. The number of hydrogen-bond acceptors (Lipinski definition) is 4. The summed E-state index contributed by atoms with van der Waals surface area (Å²) in [5, 5.41) is 8.37. The topological polar surface area (TPSA) is 71.1 Å². The second-order valence-corrected chi connectivity index (χ2v) is 8.47. The molecule has 1 saturated heterocycles. The van der Waals surface area contributed by atoms with E-state index in [1.165, 1.54) is 9.58 Å². The Hall–Kier alpha value is -2.84. The van der Waals surface area contributed by atoms with Gasteiger partial charge in [-0.3, -0.25) is 19.7 Å². The van der Waals surface area contributed by atoms with Gasteiger partial charge in [-0.25, -0.2) is 9.58 Å².